The van der Waals surface area contributed by atoms with Gasteiger partial charge in [0.05, 0.1) is 24.1 Å². The van der Waals surface area contributed by atoms with Crippen molar-refractivity contribution < 1.29 is 18.7 Å². The number of thiophene rings is 2. The number of halogens is 1. The second-order valence-corrected chi connectivity index (χ2v) is 8.33. The van der Waals surface area contributed by atoms with Crippen LogP contribution in [-0.4, -0.2) is 28.3 Å². The van der Waals surface area contributed by atoms with E-state index in [2.05, 4.69) is 10.4 Å². The van der Waals surface area contributed by atoms with Crippen molar-refractivity contribution in [3.05, 3.63) is 73.9 Å². The van der Waals surface area contributed by atoms with Crippen LogP contribution in [-0.2, 0) is 16.0 Å². The van der Waals surface area contributed by atoms with Gasteiger partial charge in [-0.3, -0.25) is 9.59 Å². The number of esters is 1. The molecule has 0 atom stereocenters. The molecule has 0 fully saturated rings. The zero-order valence-electron chi connectivity index (χ0n) is 16.3. The molecular formula is C21H16FN3O4S2. The first-order chi connectivity index (χ1) is 15.0. The van der Waals surface area contributed by atoms with Gasteiger partial charge in [0.2, 0.25) is 5.91 Å². The molecule has 0 bridgehead atoms. The van der Waals surface area contributed by atoms with Gasteiger partial charge in [-0.2, -0.15) is 9.78 Å². The van der Waals surface area contributed by atoms with Gasteiger partial charge in [0.15, 0.2) is 5.69 Å². The average molecular weight is 458 g/mol. The van der Waals surface area contributed by atoms with E-state index in [9.17, 15) is 18.8 Å². The van der Waals surface area contributed by atoms with Crippen molar-refractivity contribution in [2.45, 2.75) is 13.3 Å². The molecule has 0 aliphatic carbocycles. The Morgan fingerprint density at radius 3 is 2.65 bits per heavy atom. The molecule has 0 spiro atoms. The predicted molar refractivity (Wildman–Crippen MR) is 118 cm³/mol. The lowest BCUT2D eigenvalue weighted by Gasteiger charge is -2.10. The Hall–Kier alpha value is -3.37. The van der Waals surface area contributed by atoms with Crippen molar-refractivity contribution in [1.29, 1.82) is 0 Å². The molecule has 0 saturated carbocycles. The molecule has 31 heavy (non-hydrogen) atoms. The van der Waals surface area contributed by atoms with Crippen LogP contribution < -0.4 is 10.9 Å². The summed E-state index contributed by atoms with van der Waals surface area (Å²) in [6.07, 6.45) is 0.166. The molecule has 158 valence electrons. The highest BCUT2D eigenvalue weighted by Crippen LogP contribution is 2.31. The normalized spacial score (nSPS) is 10.9. The first-order valence-electron chi connectivity index (χ1n) is 9.27. The fraction of sp³-hybridized carbons (Fsp3) is 0.143. The van der Waals surface area contributed by atoms with E-state index < -0.39 is 17.3 Å². The summed E-state index contributed by atoms with van der Waals surface area (Å²) in [5.41, 5.74) is -0.320. The predicted octanol–water partition coefficient (Wildman–Crippen LogP) is 4.01. The van der Waals surface area contributed by atoms with Gasteiger partial charge in [0.1, 0.15) is 10.8 Å². The number of carbonyl (C=O) groups is 2. The minimum absolute atomic E-state index is 0.0595. The van der Waals surface area contributed by atoms with Crippen LogP contribution in [0, 0.1) is 5.82 Å². The van der Waals surface area contributed by atoms with Gasteiger partial charge in [0, 0.05) is 15.6 Å². The summed E-state index contributed by atoms with van der Waals surface area (Å²) >= 11 is 2.58. The Morgan fingerprint density at radius 1 is 1.19 bits per heavy atom. The van der Waals surface area contributed by atoms with E-state index in [-0.39, 0.29) is 35.7 Å². The van der Waals surface area contributed by atoms with Gasteiger partial charge >= 0.3 is 5.97 Å². The zero-order valence-corrected chi connectivity index (χ0v) is 17.9. The largest absolute Gasteiger partial charge is 0.461 e. The van der Waals surface area contributed by atoms with Gasteiger partial charge < -0.3 is 10.1 Å². The zero-order chi connectivity index (χ0) is 22.0. The SMILES string of the molecule is CCOC(=O)c1nn(-c2ccc(F)cc2)c(=O)c2c(NC(=O)Cc3cccs3)scc12. The van der Waals surface area contributed by atoms with Crippen LogP contribution in [0.4, 0.5) is 9.39 Å². The topological polar surface area (TPSA) is 90.3 Å². The van der Waals surface area contributed by atoms with Crippen LogP contribution in [0.3, 0.4) is 0 Å². The Kier molecular flexibility index (Phi) is 5.92. The molecule has 7 nitrogen and oxygen atoms in total. The number of ether oxygens (including phenoxy) is 1. The van der Waals surface area contributed by atoms with Crippen LogP contribution >= 0.6 is 22.7 Å². The number of hydrogen-bond donors (Lipinski definition) is 1. The van der Waals surface area contributed by atoms with Gasteiger partial charge in [-0.05, 0) is 42.6 Å². The second kappa shape index (κ2) is 8.78. The van der Waals surface area contributed by atoms with Gasteiger partial charge in [-0.25, -0.2) is 9.18 Å². The molecule has 0 aliphatic heterocycles. The number of amides is 1. The fourth-order valence-electron chi connectivity index (χ4n) is 2.99. The van der Waals surface area contributed by atoms with Gasteiger partial charge in [-0.1, -0.05) is 6.07 Å². The van der Waals surface area contributed by atoms with Crippen LogP contribution in [0.25, 0.3) is 16.5 Å². The molecule has 4 rings (SSSR count). The molecule has 0 radical (unpaired) electrons. The number of anilines is 1. The first-order valence-corrected chi connectivity index (χ1v) is 11.0. The number of aromatic nitrogens is 2. The minimum Gasteiger partial charge on any atom is -0.461 e. The Balaban J connectivity index is 1.83. The number of carbonyl (C=O) groups excluding carboxylic acids is 2. The molecular weight excluding hydrogens is 441 g/mol. The summed E-state index contributed by atoms with van der Waals surface area (Å²) in [6.45, 7) is 1.79. The highest BCUT2D eigenvalue weighted by Gasteiger charge is 2.23. The number of nitrogens with one attached hydrogen (secondary N) is 1. The summed E-state index contributed by atoms with van der Waals surface area (Å²) in [5, 5.41) is 11.1. The monoisotopic (exact) mass is 457 g/mol. The second-order valence-electron chi connectivity index (χ2n) is 6.42. The van der Waals surface area contributed by atoms with E-state index in [1.165, 1.54) is 35.6 Å². The van der Waals surface area contributed by atoms with E-state index in [4.69, 9.17) is 4.74 Å². The maximum absolute atomic E-state index is 13.4. The molecule has 1 aromatic carbocycles. The lowest BCUT2D eigenvalue weighted by Crippen LogP contribution is -2.25. The van der Waals surface area contributed by atoms with E-state index in [0.717, 1.165) is 20.9 Å². The summed E-state index contributed by atoms with van der Waals surface area (Å²) in [6, 6.07) is 8.84. The Morgan fingerprint density at radius 2 is 1.97 bits per heavy atom. The highest BCUT2D eigenvalue weighted by atomic mass is 32.1. The molecule has 10 heteroatoms. The van der Waals surface area contributed by atoms with Crippen molar-refractivity contribution in [2.24, 2.45) is 0 Å². The number of fused-ring (bicyclic) bond motifs is 1. The molecule has 0 aliphatic rings. The lowest BCUT2D eigenvalue weighted by atomic mass is 10.2. The quantitative estimate of drug-likeness (QED) is 0.442. The maximum atomic E-state index is 13.4. The Bertz CT molecular complexity index is 1310. The van der Waals surface area contributed by atoms with E-state index >= 15 is 0 Å². The van der Waals surface area contributed by atoms with Crippen molar-refractivity contribution >= 4 is 50.3 Å². The first kappa shape index (κ1) is 20.9. The van der Waals surface area contributed by atoms with E-state index in [1.54, 1.807) is 12.3 Å². The number of benzene rings is 1. The third kappa shape index (κ3) is 4.25. The number of nitrogens with zero attached hydrogens (tertiary/aromatic N) is 2. The average Bonchev–Trinajstić information content (AvgIpc) is 3.40. The lowest BCUT2D eigenvalue weighted by molar-refractivity contribution is -0.115. The molecule has 3 aromatic heterocycles. The van der Waals surface area contributed by atoms with Gasteiger partial charge in [-0.15, -0.1) is 22.7 Å². The summed E-state index contributed by atoms with van der Waals surface area (Å²) in [4.78, 5) is 39.1. The third-order valence-corrected chi connectivity index (χ3v) is 6.13. The van der Waals surface area contributed by atoms with Crippen molar-refractivity contribution in [3.8, 4) is 5.69 Å². The molecule has 0 saturated heterocycles. The van der Waals surface area contributed by atoms with Crippen LogP contribution in [0.1, 0.15) is 22.3 Å². The fourth-order valence-corrected chi connectivity index (χ4v) is 4.65. The molecule has 1 N–H and O–H groups in total. The molecule has 3 heterocycles. The van der Waals surface area contributed by atoms with E-state index in [0.29, 0.717) is 10.4 Å². The van der Waals surface area contributed by atoms with Crippen molar-refractivity contribution in [2.75, 3.05) is 11.9 Å². The maximum Gasteiger partial charge on any atom is 0.359 e. The summed E-state index contributed by atoms with van der Waals surface area (Å²) < 4.78 is 19.4. The standard InChI is InChI=1S/C21H16FN3O4S2/c1-2-29-21(28)18-15-11-31-19(23-16(26)10-14-4-3-9-30-14)17(15)20(27)25(24-18)13-7-5-12(22)6-8-13/h3-9,11H,2,10H2,1H3,(H,23,26). The van der Waals surface area contributed by atoms with Crippen molar-refractivity contribution in [3.63, 3.8) is 0 Å². The van der Waals surface area contributed by atoms with Crippen LogP contribution in [0.2, 0.25) is 0 Å². The Labute approximate surface area is 183 Å². The van der Waals surface area contributed by atoms with E-state index in [1.807, 2.05) is 17.5 Å². The number of rotatable bonds is 6. The summed E-state index contributed by atoms with van der Waals surface area (Å²) in [7, 11) is 0. The summed E-state index contributed by atoms with van der Waals surface area (Å²) in [5.74, 6) is -1.45. The van der Waals surface area contributed by atoms with Crippen molar-refractivity contribution in [1.82, 2.24) is 9.78 Å². The minimum atomic E-state index is -0.697. The van der Waals surface area contributed by atoms with Gasteiger partial charge in [0.25, 0.3) is 5.56 Å². The highest BCUT2D eigenvalue weighted by molar-refractivity contribution is 7.16. The van der Waals surface area contributed by atoms with Crippen LogP contribution in [0.15, 0.2) is 52.0 Å². The molecule has 1 amide bonds. The molecule has 4 aromatic rings. The smallest absolute Gasteiger partial charge is 0.359 e. The molecule has 0 unspecified atom stereocenters. The van der Waals surface area contributed by atoms with Crippen LogP contribution in [0.5, 0.6) is 0 Å². The third-order valence-electron chi connectivity index (χ3n) is 4.36. The number of hydrogen-bond acceptors (Lipinski definition) is 7.